The lowest BCUT2D eigenvalue weighted by Gasteiger charge is -2.26. The number of halogens is 1. The van der Waals surface area contributed by atoms with E-state index in [-0.39, 0.29) is 5.56 Å². The molecule has 0 atom stereocenters. The average molecular weight is 448 g/mol. The molecule has 0 radical (unpaired) electrons. The lowest BCUT2D eigenvalue weighted by molar-refractivity contribution is 0.262. The summed E-state index contributed by atoms with van der Waals surface area (Å²) in [7, 11) is 3.73. The molecule has 0 aliphatic carbocycles. The molecule has 164 valence electrons. The highest BCUT2D eigenvalue weighted by molar-refractivity contribution is 6.30. The second-order valence-electron chi connectivity index (χ2n) is 8.27. The summed E-state index contributed by atoms with van der Waals surface area (Å²) in [5.41, 5.74) is 6.40. The van der Waals surface area contributed by atoms with Crippen molar-refractivity contribution >= 4 is 22.5 Å². The minimum atomic E-state index is -0.0880. The minimum absolute atomic E-state index is 0.0880. The minimum Gasteiger partial charge on any atom is -0.496 e. The van der Waals surface area contributed by atoms with Crippen molar-refractivity contribution in [2.24, 2.45) is 7.05 Å². The van der Waals surface area contributed by atoms with Crippen molar-refractivity contribution < 1.29 is 4.74 Å². The fraction of sp³-hybridized carbons (Fsp3) is 0.269. The van der Waals surface area contributed by atoms with Crippen LogP contribution in [0.1, 0.15) is 18.2 Å². The van der Waals surface area contributed by atoms with Gasteiger partial charge in [0.15, 0.2) is 0 Å². The summed E-state index contributed by atoms with van der Waals surface area (Å²) in [4.78, 5) is 15.5. The Kier molecular flexibility index (Phi) is 5.31. The van der Waals surface area contributed by atoms with Crippen LogP contribution in [0, 0.1) is 0 Å². The third-order valence-corrected chi connectivity index (χ3v) is 6.83. The highest BCUT2D eigenvalue weighted by Gasteiger charge is 2.22. The Hall–Kier alpha value is -3.02. The molecule has 6 heteroatoms. The first-order valence-corrected chi connectivity index (χ1v) is 11.3. The van der Waals surface area contributed by atoms with Gasteiger partial charge in [-0.2, -0.15) is 0 Å². The molecule has 0 amide bonds. The molecule has 5 rings (SSSR count). The SMILES string of the molecule is CCN1CCc2c(n(C)c3cc(-n4ccc(-c5ccc(Cl)cc5OC)cc4=O)ccc23)C1. The monoisotopic (exact) mass is 447 g/mol. The van der Waals surface area contributed by atoms with Gasteiger partial charge in [-0.25, -0.2) is 0 Å². The second kappa shape index (κ2) is 8.15. The predicted octanol–water partition coefficient (Wildman–Crippen LogP) is 5.04. The number of hydrogen-bond acceptors (Lipinski definition) is 3. The molecule has 0 fully saturated rings. The Labute approximate surface area is 192 Å². The van der Waals surface area contributed by atoms with Gasteiger partial charge < -0.3 is 9.30 Å². The van der Waals surface area contributed by atoms with Crippen molar-refractivity contribution in [3.05, 3.63) is 81.4 Å². The van der Waals surface area contributed by atoms with Gasteiger partial charge >= 0.3 is 0 Å². The van der Waals surface area contributed by atoms with Crippen LogP contribution >= 0.6 is 11.6 Å². The summed E-state index contributed by atoms with van der Waals surface area (Å²) >= 11 is 6.08. The van der Waals surface area contributed by atoms with Crippen LogP contribution in [0.15, 0.2) is 59.5 Å². The molecule has 2 aromatic heterocycles. The number of aromatic nitrogens is 2. The van der Waals surface area contributed by atoms with Gasteiger partial charge in [0.05, 0.1) is 18.3 Å². The van der Waals surface area contributed by atoms with E-state index in [2.05, 4.69) is 35.6 Å². The zero-order chi connectivity index (χ0) is 22.4. The van der Waals surface area contributed by atoms with Crippen molar-refractivity contribution in [3.63, 3.8) is 0 Å². The van der Waals surface area contributed by atoms with Crippen molar-refractivity contribution in [2.45, 2.75) is 19.9 Å². The molecule has 0 bridgehead atoms. The van der Waals surface area contributed by atoms with Gasteiger partial charge in [0, 0.05) is 54.1 Å². The first kappa shape index (κ1) is 20.9. The molecule has 5 nitrogen and oxygen atoms in total. The van der Waals surface area contributed by atoms with Gasteiger partial charge in [0.2, 0.25) is 0 Å². The summed E-state index contributed by atoms with van der Waals surface area (Å²) in [5, 5.41) is 1.89. The Bertz CT molecular complexity index is 1390. The van der Waals surface area contributed by atoms with Crippen LogP contribution in [0.25, 0.3) is 27.7 Å². The summed E-state index contributed by atoms with van der Waals surface area (Å²) in [5.74, 6) is 0.645. The van der Waals surface area contributed by atoms with Crippen LogP contribution in [0.2, 0.25) is 5.02 Å². The fourth-order valence-corrected chi connectivity index (χ4v) is 4.94. The number of rotatable bonds is 4. The molecule has 0 spiro atoms. The van der Waals surface area contributed by atoms with Crippen LogP contribution < -0.4 is 10.3 Å². The number of aryl methyl sites for hydroxylation is 1. The summed E-state index contributed by atoms with van der Waals surface area (Å²) < 4.78 is 9.43. The fourth-order valence-electron chi connectivity index (χ4n) is 4.78. The van der Waals surface area contributed by atoms with Gasteiger partial charge in [-0.15, -0.1) is 0 Å². The molecule has 1 aliphatic rings. The molecule has 3 heterocycles. The van der Waals surface area contributed by atoms with Gasteiger partial charge in [0.25, 0.3) is 5.56 Å². The molecule has 2 aromatic carbocycles. The number of likely N-dealkylation sites (N-methyl/N-ethyl adjacent to an activating group) is 1. The van der Waals surface area contributed by atoms with Gasteiger partial charge in [-0.1, -0.05) is 24.6 Å². The lowest BCUT2D eigenvalue weighted by atomic mass is 10.0. The number of fused-ring (bicyclic) bond motifs is 3. The molecule has 1 aliphatic heterocycles. The van der Waals surface area contributed by atoms with E-state index in [4.69, 9.17) is 16.3 Å². The summed E-state index contributed by atoms with van der Waals surface area (Å²) in [6.07, 6.45) is 2.89. The normalized spacial score (nSPS) is 14.0. The zero-order valence-electron chi connectivity index (χ0n) is 18.6. The number of hydrogen-bond donors (Lipinski definition) is 0. The molecule has 0 unspecified atom stereocenters. The Balaban J connectivity index is 1.56. The third-order valence-electron chi connectivity index (χ3n) is 6.59. The van der Waals surface area contributed by atoms with Crippen LogP contribution in [-0.2, 0) is 20.0 Å². The van der Waals surface area contributed by atoms with Gasteiger partial charge in [0.1, 0.15) is 5.75 Å². The quantitative estimate of drug-likeness (QED) is 0.440. The maximum atomic E-state index is 13.1. The maximum Gasteiger partial charge on any atom is 0.255 e. The summed E-state index contributed by atoms with van der Waals surface area (Å²) in [6.45, 7) is 5.34. The molecule has 0 N–H and O–H groups in total. The number of nitrogens with zero attached hydrogens (tertiary/aromatic N) is 3. The molecule has 4 aromatic rings. The second-order valence-corrected chi connectivity index (χ2v) is 8.71. The molecule has 32 heavy (non-hydrogen) atoms. The van der Waals surface area contributed by atoms with Crippen molar-refractivity contribution in [1.29, 1.82) is 0 Å². The van der Waals surface area contributed by atoms with Crippen LogP contribution in [0.5, 0.6) is 5.75 Å². The smallest absolute Gasteiger partial charge is 0.255 e. The van der Waals surface area contributed by atoms with E-state index in [0.717, 1.165) is 42.9 Å². The van der Waals surface area contributed by atoms with Crippen molar-refractivity contribution in [2.75, 3.05) is 20.2 Å². The number of ether oxygens (including phenoxy) is 1. The summed E-state index contributed by atoms with van der Waals surface area (Å²) in [6, 6.07) is 15.3. The average Bonchev–Trinajstić information content (AvgIpc) is 3.09. The molecule has 0 saturated carbocycles. The van der Waals surface area contributed by atoms with E-state index in [0.29, 0.717) is 10.8 Å². The first-order valence-electron chi connectivity index (χ1n) is 10.9. The topological polar surface area (TPSA) is 39.4 Å². The number of methoxy groups -OCH3 is 1. The predicted molar refractivity (Wildman–Crippen MR) is 130 cm³/mol. The molecular formula is C26H26ClN3O2. The maximum absolute atomic E-state index is 13.1. The number of pyridine rings is 1. The van der Waals surface area contributed by atoms with E-state index >= 15 is 0 Å². The highest BCUT2D eigenvalue weighted by atomic mass is 35.5. The van der Waals surface area contributed by atoms with Gasteiger partial charge in [-0.05, 0) is 60.5 Å². The Morgan fingerprint density at radius 1 is 1.09 bits per heavy atom. The van der Waals surface area contributed by atoms with Crippen molar-refractivity contribution in [1.82, 2.24) is 14.0 Å². The highest BCUT2D eigenvalue weighted by Crippen LogP contribution is 2.33. The molecule has 0 saturated heterocycles. The van der Waals surface area contributed by atoms with E-state index < -0.39 is 0 Å². The van der Waals surface area contributed by atoms with Crippen LogP contribution in [0.4, 0.5) is 0 Å². The Morgan fingerprint density at radius 3 is 2.69 bits per heavy atom. The number of benzene rings is 2. The van der Waals surface area contributed by atoms with E-state index in [1.54, 1.807) is 29.9 Å². The van der Waals surface area contributed by atoms with Crippen LogP contribution in [-0.4, -0.2) is 34.2 Å². The van der Waals surface area contributed by atoms with E-state index in [1.165, 1.54) is 22.2 Å². The lowest BCUT2D eigenvalue weighted by Crippen LogP contribution is -2.30. The van der Waals surface area contributed by atoms with Gasteiger partial charge in [-0.3, -0.25) is 14.3 Å². The zero-order valence-corrected chi connectivity index (χ0v) is 19.3. The van der Waals surface area contributed by atoms with E-state index in [9.17, 15) is 4.79 Å². The third kappa shape index (κ3) is 3.42. The Morgan fingerprint density at radius 2 is 1.94 bits per heavy atom. The first-order chi connectivity index (χ1) is 15.5. The van der Waals surface area contributed by atoms with Crippen LogP contribution in [0.3, 0.4) is 0 Å². The van der Waals surface area contributed by atoms with E-state index in [1.807, 2.05) is 24.4 Å². The standard InChI is InChI=1S/C26H26ClN3O2/c1-4-29-11-10-22-21-8-6-19(15-23(21)28(2)24(22)16-29)30-12-9-17(13-26(30)31)20-7-5-18(27)14-25(20)32-3/h5-9,12-15H,4,10-11,16H2,1-3H3. The van der Waals surface area contributed by atoms with Crippen molar-refractivity contribution in [3.8, 4) is 22.6 Å². The molecular weight excluding hydrogens is 422 g/mol. The largest absolute Gasteiger partial charge is 0.496 e.